The van der Waals surface area contributed by atoms with Crippen molar-refractivity contribution in [3.05, 3.63) is 48.0 Å². The van der Waals surface area contributed by atoms with Gasteiger partial charge in [-0.15, -0.1) is 0 Å². The van der Waals surface area contributed by atoms with Crippen LogP contribution in [0.4, 0.5) is 5.69 Å². The van der Waals surface area contributed by atoms with E-state index in [0.29, 0.717) is 35.1 Å². The Kier molecular flexibility index (Phi) is 8.58. The SMILES string of the molecule is CCCCOc1ccc(C(=O)N2CC(C(=O)NC(CC)CC)Oc3ccccc32)cc1OC. The van der Waals surface area contributed by atoms with Gasteiger partial charge in [0.25, 0.3) is 11.8 Å². The van der Waals surface area contributed by atoms with Crippen LogP contribution in [0.25, 0.3) is 0 Å². The maximum Gasteiger partial charge on any atom is 0.263 e. The topological polar surface area (TPSA) is 77.1 Å². The van der Waals surface area contributed by atoms with Gasteiger partial charge in [-0.05, 0) is 49.6 Å². The van der Waals surface area contributed by atoms with Gasteiger partial charge in [0.05, 0.1) is 25.9 Å². The highest BCUT2D eigenvalue weighted by Crippen LogP contribution is 2.35. The molecule has 0 aliphatic carbocycles. The molecule has 178 valence electrons. The Bertz CT molecular complexity index is 957. The zero-order chi connectivity index (χ0) is 23.8. The lowest BCUT2D eigenvalue weighted by Crippen LogP contribution is -2.52. The summed E-state index contributed by atoms with van der Waals surface area (Å²) in [5, 5.41) is 3.03. The van der Waals surface area contributed by atoms with Crippen LogP contribution >= 0.6 is 0 Å². The van der Waals surface area contributed by atoms with E-state index in [9.17, 15) is 9.59 Å². The Balaban J connectivity index is 1.85. The lowest BCUT2D eigenvalue weighted by Gasteiger charge is -2.34. The molecule has 1 atom stereocenters. The van der Waals surface area contributed by atoms with Gasteiger partial charge in [-0.25, -0.2) is 0 Å². The summed E-state index contributed by atoms with van der Waals surface area (Å²) in [7, 11) is 1.55. The van der Waals surface area contributed by atoms with E-state index >= 15 is 0 Å². The molecule has 1 aliphatic rings. The Morgan fingerprint density at radius 3 is 2.58 bits per heavy atom. The van der Waals surface area contributed by atoms with E-state index in [1.54, 1.807) is 36.3 Å². The molecule has 0 saturated carbocycles. The summed E-state index contributed by atoms with van der Waals surface area (Å²) in [4.78, 5) is 28.0. The predicted molar refractivity (Wildman–Crippen MR) is 128 cm³/mol. The van der Waals surface area contributed by atoms with Crippen LogP contribution in [0.5, 0.6) is 17.2 Å². The number of nitrogens with zero attached hydrogens (tertiary/aromatic N) is 1. The third-order valence-electron chi connectivity index (χ3n) is 5.81. The quantitative estimate of drug-likeness (QED) is 0.532. The number of rotatable bonds is 10. The predicted octanol–water partition coefficient (Wildman–Crippen LogP) is 4.59. The van der Waals surface area contributed by atoms with Crippen LogP contribution in [0, 0.1) is 0 Å². The summed E-state index contributed by atoms with van der Waals surface area (Å²) in [6.45, 7) is 6.87. The van der Waals surface area contributed by atoms with Crippen molar-refractivity contribution in [1.82, 2.24) is 5.32 Å². The van der Waals surface area contributed by atoms with Crippen molar-refractivity contribution in [3.63, 3.8) is 0 Å². The number of hydrogen-bond acceptors (Lipinski definition) is 5. The third kappa shape index (κ3) is 5.78. The molecule has 3 rings (SSSR count). The van der Waals surface area contributed by atoms with Gasteiger partial charge >= 0.3 is 0 Å². The monoisotopic (exact) mass is 454 g/mol. The fourth-order valence-electron chi connectivity index (χ4n) is 3.75. The molecule has 0 spiro atoms. The van der Waals surface area contributed by atoms with Gasteiger partial charge in [-0.1, -0.05) is 39.3 Å². The Morgan fingerprint density at radius 2 is 1.88 bits per heavy atom. The van der Waals surface area contributed by atoms with E-state index < -0.39 is 6.10 Å². The molecule has 2 amide bonds. The number of benzene rings is 2. The standard InChI is InChI=1S/C26H34N2O5/c1-5-8-15-32-22-14-13-18(16-23(22)31-4)26(30)28-17-24(25(29)27-19(6-2)7-3)33-21-12-10-9-11-20(21)28/h9-14,16,19,24H,5-8,15,17H2,1-4H3,(H,27,29). The first-order chi connectivity index (χ1) is 16.0. The average molecular weight is 455 g/mol. The van der Waals surface area contributed by atoms with Crippen molar-refractivity contribution >= 4 is 17.5 Å². The van der Waals surface area contributed by atoms with E-state index in [4.69, 9.17) is 14.2 Å². The summed E-state index contributed by atoms with van der Waals surface area (Å²) < 4.78 is 17.2. The fourth-order valence-corrected chi connectivity index (χ4v) is 3.75. The second kappa shape index (κ2) is 11.6. The number of fused-ring (bicyclic) bond motifs is 1. The van der Waals surface area contributed by atoms with E-state index in [0.717, 1.165) is 25.7 Å². The third-order valence-corrected chi connectivity index (χ3v) is 5.81. The van der Waals surface area contributed by atoms with Crippen molar-refractivity contribution in [3.8, 4) is 17.2 Å². The second-order valence-electron chi connectivity index (χ2n) is 8.08. The summed E-state index contributed by atoms with van der Waals surface area (Å²) in [5.41, 5.74) is 1.09. The molecule has 2 aromatic carbocycles. The van der Waals surface area contributed by atoms with Crippen LogP contribution in [-0.2, 0) is 4.79 Å². The first-order valence-corrected chi connectivity index (χ1v) is 11.7. The number of carbonyl (C=O) groups is 2. The molecular formula is C26H34N2O5. The van der Waals surface area contributed by atoms with Gasteiger partial charge in [0.1, 0.15) is 5.75 Å². The molecule has 0 saturated heterocycles. The van der Waals surface area contributed by atoms with Crippen LogP contribution < -0.4 is 24.4 Å². The number of nitrogens with one attached hydrogen (secondary N) is 1. The summed E-state index contributed by atoms with van der Waals surface area (Å²) in [6, 6.07) is 12.5. The normalized spacial score (nSPS) is 14.9. The first kappa shape index (κ1) is 24.4. The molecule has 0 fully saturated rings. The second-order valence-corrected chi connectivity index (χ2v) is 8.08. The van der Waals surface area contributed by atoms with Crippen LogP contribution in [0.1, 0.15) is 56.8 Å². The van der Waals surface area contributed by atoms with Gasteiger partial charge in [-0.3, -0.25) is 9.59 Å². The minimum Gasteiger partial charge on any atom is -0.493 e. The number of ether oxygens (including phenoxy) is 3. The minimum absolute atomic E-state index is 0.0759. The highest BCUT2D eigenvalue weighted by Gasteiger charge is 2.35. The molecule has 1 heterocycles. The van der Waals surface area contributed by atoms with Crippen LogP contribution in [0.15, 0.2) is 42.5 Å². The van der Waals surface area contributed by atoms with Crippen molar-refractivity contribution in [2.45, 2.75) is 58.6 Å². The zero-order valence-corrected chi connectivity index (χ0v) is 19.9. The maximum atomic E-state index is 13.5. The summed E-state index contributed by atoms with van der Waals surface area (Å²) in [5.74, 6) is 1.17. The molecule has 2 aromatic rings. The number of methoxy groups -OCH3 is 1. The number of hydrogen-bond donors (Lipinski definition) is 1. The van der Waals surface area contributed by atoms with E-state index in [1.165, 1.54) is 0 Å². The fraction of sp³-hybridized carbons (Fsp3) is 0.462. The summed E-state index contributed by atoms with van der Waals surface area (Å²) >= 11 is 0. The lowest BCUT2D eigenvalue weighted by molar-refractivity contribution is -0.128. The molecule has 1 unspecified atom stereocenters. The van der Waals surface area contributed by atoms with Gasteiger partial charge in [0.15, 0.2) is 17.6 Å². The van der Waals surface area contributed by atoms with Crippen LogP contribution in [0.2, 0.25) is 0 Å². The molecule has 7 nitrogen and oxygen atoms in total. The molecule has 7 heteroatoms. The van der Waals surface area contributed by atoms with E-state index in [2.05, 4.69) is 12.2 Å². The number of anilines is 1. The van der Waals surface area contributed by atoms with Crippen LogP contribution in [0.3, 0.4) is 0 Å². The van der Waals surface area contributed by atoms with Gasteiger partial charge < -0.3 is 24.4 Å². The Hall–Kier alpha value is -3.22. The lowest BCUT2D eigenvalue weighted by atomic mass is 10.1. The van der Waals surface area contributed by atoms with E-state index in [-0.39, 0.29) is 24.4 Å². The zero-order valence-electron chi connectivity index (χ0n) is 19.9. The number of carbonyl (C=O) groups excluding carboxylic acids is 2. The minimum atomic E-state index is -0.789. The van der Waals surface area contributed by atoms with E-state index in [1.807, 2.05) is 32.0 Å². The first-order valence-electron chi connectivity index (χ1n) is 11.7. The van der Waals surface area contributed by atoms with Crippen molar-refractivity contribution in [2.75, 3.05) is 25.2 Å². The molecule has 0 radical (unpaired) electrons. The Morgan fingerprint density at radius 1 is 1.12 bits per heavy atom. The molecule has 0 aromatic heterocycles. The van der Waals surface area contributed by atoms with Gasteiger partial charge in [0.2, 0.25) is 0 Å². The largest absolute Gasteiger partial charge is 0.493 e. The molecule has 1 N–H and O–H groups in total. The molecule has 1 aliphatic heterocycles. The molecule has 33 heavy (non-hydrogen) atoms. The van der Waals surface area contributed by atoms with Crippen LogP contribution in [-0.4, -0.2) is 44.2 Å². The Labute approximate surface area is 196 Å². The highest BCUT2D eigenvalue weighted by molar-refractivity contribution is 6.08. The van der Waals surface area contributed by atoms with Gasteiger partial charge in [-0.2, -0.15) is 0 Å². The van der Waals surface area contributed by atoms with Crippen molar-refractivity contribution in [1.29, 1.82) is 0 Å². The highest BCUT2D eigenvalue weighted by atomic mass is 16.5. The van der Waals surface area contributed by atoms with Gasteiger partial charge in [0, 0.05) is 11.6 Å². The number of para-hydroxylation sites is 2. The average Bonchev–Trinajstić information content (AvgIpc) is 2.86. The molecule has 0 bridgehead atoms. The maximum absolute atomic E-state index is 13.5. The number of unbranched alkanes of at least 4 members (excludes halogenated alkanes) is 1. The van der Waals surface area contributed by atoms with Crippen molar-refractivity contribution in [2.24, 2.45) is 0 Å². The molecular weight excluding hydrogens is 420 g/mol. The number of amides is 2. The van der Waals surface area contributed by atoms with Crippen molar-refractivity contribution < 1.29 is 23.8 Å². The summed E-state index contributed by atoms with van der Waals surface area (Å²) in [6.07, 6.45) is 2.85. The smallest absolute Gasteiger partial charge is 0.263 e.